The van der Waals surface area contributed by atoms with Gasteiger partial charge in [-0.25, -0.2) is 4.39 Å². The van der Waals surface area contributed by atoms with Crippen LogP contribution >= 0.6 is 15.9 Å². The highest BCUT2D eigenvalue weighted by Gasteiger charge is 2.42. The van der Waals surface area contributed by atoms with Gasteiger partial charge in [0.1, 0.15) is 17.6 Å². The molecule has 2 rings (SSSR count). The van der Waals surface area contributed by atoms with Crippen LogP contribution < -0.4 is 0 Å². The maximum atomic E-state index is 13.5. The molecule has 1 aromatic carbocycles. The average Bonchev–Trinajstić information content (AvgIpc) is 2.82. The lowest BCUT2D eigenvalue weighted by molar-refractivity contribution is -0.182. The number of rotatable bonds is 4. The minimum atomic E-state index is -4.78. The molecule has 9 heteroatoms. The maximum Gasteiger partial charge on any atom is 0.432 e. The SMILES string of the molecule is COC(OC)n1c(-c2ccc(F)cc2)c(C#N)c(Br)c1C(F)(F)F. The van der Waals surface area contributed by atoms with Crippen molar-refractivity contribution in [1.82, 2.24) is 4.57 Å². The lowest BCUT2D eigenvalue weighted by Gasteiger charge is -2.22. The van der Waals surface area contributed by atoms with Crippen LogP contribution in [-0.2, 0) is 15.7 Å². The molecule has 1 aromatic heterocycles. The Labute approximate surface area is 143 Å². The summed E-state index contributed by atoms with van der Waals surface area (Å²) >= 11 is 2.84. The van der Waals surface area contributed by atoms with Crippen molar-refractivity contribution in [2.45, 2.75) is 12.6 Å². The molecule has 0 saturated heterocycles. The third kappa shape index (κ3) is 3.17. The summed E-state index contributed by atoms with van der Waals surface area (Å²) in [6, 6.07) is 6.46. The Morgan fingerprint density at radius 2 is 1.71 bits per heavy atom. The molecule has 128 valence electrons. The number of hydrogen-bond donors (Lipinski definition) is 0. The minimum absolute atomic E-state index is 0.0922. The fraction of sp³-hybridized carbons (Fsp3) is 0.267. The molecule has 0 N–H and O–H groups in total. The Balaban J connectivity index is 2.91. The number of benzene rings is 1. The number of halogens is 5. The Bertz CT molecular complexity index is 775. The summed E-state index contributed by atoms with van der Waals surface area (Å²) < 4.78 is 63.9. The molecule has 0 saturated carbocycles. The molecule has 2 aromatic rings. The van der Waals surface area contributed by atoms with Crippen molar-refractivity contribution >= 4 is 15.9 Å². The maximum absolute atomic E-state index is 13.5. The largest absolute Gasteiger partial charge is 0.432 e. The molecule has 0 spiro atoms. The summed E-state index contributed by atoms with van der Waals surface area (Å²) in [5.74, 6) is -0.555. The first kappa shape index (κ1) is 18.4. The first-order valence-electron chi connectivity index (χ1n) is 6.48. The standard InChI is InChI=1S/C15H11BrF4N2O2/c1-23-14(24-2)22-12(8-3-5-9(17)6-4-8)10(7-21)11(16)13(22)15(18,19)20/h3-6,14H,1-2H3. The van der Waals surface area contributed by atoms with Gasteiger partial charge in [0.2, 0.25) is 6.41 Å². The molecular weight excluding hydrogens is 396 g/mol. The Morgan fingerprint density at radius 1 is 1.17 bits per heavy atom. The molecule has 0 aliphatic rings. The molecule has 0 aliphatic heterocycles. The molecule has 0 unspecified atom stereocenters. The predicted octanol–water partition coefficient (Wildman–Crippen LogP) is 4.70. The monoisotopic (exact) mass is 406 g/mol. The number of aromatic nitrogens is 1. The second-order valence-electron chi connectivity index (χ2n) is 4.65. The van der Waals surface area contributed by atoms with E-state index in [0.29, 0.717) is 0 Å². The van der Waals surface area contributed by atoms with E-state index in [4.69, 9.17) is 9.47 Å². The van der Waals surface area contributed by atoms with Gasteiger partial charge < -0.3 is 9.47 Å². The molecule has 0 bridgehead atoms. The molecule has 0 fully saturated rings. The second kappa shape index (κ2) is 6.93. The zero-order valence-corrected chi connectivity index (χ0v) is 14.1. The molecule has 0 aliphatic carbocycles. The van der Waals surface area contributed by atoms with Crippen LogP contribution in [0.3, 0.4) is 0 Å². The number of alkyl halides is 3. The van der Waals surface area contributed by atoms with Crippen molar-refractivity contribution in [2.75, 3.05) is 14.2 Å². The Kier molecular flexibility index (Phi) is 5.32. The van der Waals surface area contributed by atoms with Gasteiger partial charge in [-0.2, -0.15) is 18.4 Å². The van der Waals surface area contributed by atoms with Gasteiger partial charge in [0.05, 0.1) is 15.7 Å². The minimum Gasteiger partial charge on any atom is -0.338 e. The van der Waals surface area contributed by atoms with Crippen LogP contribution in [0.4, 0.5) is 17.6 Å². The van der Waals surface area contributed by atoms with E-state index in [0.717, 1.165) is 16.7 Å². The van der Waals surface area contributed by atoms with Gasteiger partial charge in [-0.1, -0.05) is 0 Å². The first-order valence-corrected chi connectivity index (χ1v) is 7.28. The van der Waals surface area contributed by atoms with E-state index in [1.165, 1.54) is 26.4 Å². The fourth-order valence-corrected chi connectivity index (χ4v) is 3.02. The Hall–Kier alpha value is -1.89. The van der Waals surface area contributed by atoms with Gasteiger partial charge in [-0.3, -0.25) is 4.57 Å². The lowest BCUT2D eigenvalue weighted by Crippen LogP contribution is -2.22. The van der Waals surface area contributed by atoms with Crippen molar-refractivity contribution in [3.8, 4) is 17.3 Å². The highest BCUT2D eigenvalue weighted by molar-refractivity contribution is 9.10. The average molecular weight is 407 g/mol. The third-order valence-corrected chi connectivity index (χ3v) is 4.03. The molecule has 0 amide bonds. The van der Waals surface area contributed by atoms with Gasteiger partial charge in [-0.05, 0) is 45.8 Å². The molecule has 24 heavy (non-hydrogen) atoms. The molecular formula is C15H11BrF4N2O2. The highest BCUT2D eigenvalue weighted by atomic mass is 79.9. The zero-order chi connectivity index (χ0) is 18.1. The number of hydrogen-bond acceptors (Lipinski definition) is 3. The van der Waals surface area contributed by atoms with Crippen molar-refractivity contribution in [3.63, 3.8) is 0 Å². The van der Waals surface area contributed by atoms with Gasteiger partial charge in [-0.15, -0.1) is 0 Å². The van der Waals surface area contributed by atoms with E-state index in [2.05, 4.69) is 15.9 Å². The summed E-state index contributed by atoms with van der Waals surface area (Å²) in [6.45, 7) is 0. The van der Waals surface area contributed by atoms with E-state index in [-0.39, 0.29) is 16.8 Å². The van der Waals surface area contributed by atoms with Gasteiger partial charge in [0.25, 0.3) is 0 Å². The lowest BCUT2D eigenvalue weighted by atomic mass is 10.1. The molecule has 4 nitrogen and oxygen atoms in total. The van der Waals surface area contributed by atoms with Crippen molar-refractivity contribution in [1.29, 1.82) is 5.26 Å². The van der Waals surface area contributed by atoms with E-state index >= 15 is 0 Å². The second-order valence-corrected chi connectivity index (χ2v) is 5.44. The number of ether oxygens (including phenoxy) is 2. The van der Waals surface area contributed by atoms with Crippen LogP contribution in [0, 0.1) is 17.1 Å². The van der Waals surface area contributed by atoms with Gasteiger partial charge in [0.15, 0.2) is 0 Å². The first-order chi connectivity index (χ1) is 11.3. The summed E-state index contributed by atoms with van der Waals surface area (Å²) in [5.41, 5.74) is -1.27. The summed E-state index contributed by atoms with van der Waals surface area (Å²) in [6.07, 6.45) is -6.21. The van der Waals surface area contributed by atoms with Crippen LogP contribution in [0.2, 0.25) is 0 Å². The van der Waals surface area contributed by atoms with Crippen molar-refractivity contribution < 1.29 is 27.0 Å². The predicted molar refractivity (Wildman–Crippen MR) is 80.3 cm³/mol. The van der Waals surface area contributed by atoms with E-state index < -0.39 is 28.6 Å². The number of nitrogens with zero attached hydrogens (tertiary/aromatic N) is 2. The van der Waals surface area contributed by atoms with Crippen LogP contribution in [0.5, 0.6) is 0 Å². The van der Waals surface area contributed by atoms with E-state index in [1.807, 2.05) is 0 Å². The quantitative estimate of drug-likeness (QED) is 0.546. The topological polar surface area (TPSA) is 47.2 Å². The smallest absolute Gasteiger partial charge is 0.338 e. The highest BCUT2D eigenvalue weighted by Crippen LogP contribution is 2.45. The number of nitriles is 1. The number of methoxy groups -OCH3 is 2. The summed E-state index contributed by atoms with van der Waals surface area (Å²) in [4.78, 5) is 0. The molecule has 0 radical (unpaired) electrons. The van der Waals surface area contributed by atoms with Gasteiger partial charge in [0, 0.05) is 14.2 Å². The van der Waals surface area contributed by atoms with Crippen LogP contribution in [-0.4, -0.2) is 18.8 Å². The van der Waals surface area contributed by atoms with Crippen molar-refractivity contribution in [2.24, 2.45) is 0 Å². The molecule has 1 heterocycles. The van der Waals surface area contributed by atoms with Crippen LogP contribution in [0.15, 0.2) is 28.7 Å². The summed E-state index contributed by atoms with van der Waals surface area (Å²) in [7, 11) is 2.34. The third-order valence-electron chi connectivity index (χ3n) is 3.26. The van der Waals surface area contributed by atoms with Crippen LogP contribution in [0.25, 0.3) is 11.3 Å². The zero-order valence-electron chi connectivity index (χ0n) is 12.5. The molecule has 0 atom stereocenters. The van der Waals surface area contributed by atoms with E-state index in [1.54, 1.807) is 6.07 Å². The summed E-state index contributed by atoms with van der Waals surface area (Å²) in [5, 5.41) is 9.33. The van der Waals surface area contributed by atoms with Crippen LogP contribution in [0.1, 0.15) is 17.7 Å². The van der Waals surface area contributed by atoms with Gasteiger partial charge >= 0.3 is 6.18 Å². The van der Waals surface area contributed by atoms with Crippen molar-refractivity contribution in [3.05, 3.63) is 45.8 Å². The van der Waals surface area contributed by atoms with E-state index in [9.17, 15) is 22.8 Å². The Morgan fingerprint density at radius 3 is 2.12 bits per heavy atom. The fourth-order valence-electron chi connectivity index (χ4n) is 2.33. The normalized spacial score (nSPS) is 11.8.